The minimum absolute atomic E-state index is 0.373. The predicted molar refractivity (Wildman–Crippen MR) is 57.9 cm³/mol. The van der Waals surface area contributed by atoms with Crippen molar-refractivity contribution in [2.24, 2.45) is 0 Å². The van der Waals surface area contributed by atoms with E-state index in [0.717, 1.165) is 22.5 Å². The maximum atomic E-state index is 11.8. The van der Waals surface area contributed by atoms with Gasteiger partial charge in [-0.15, -0.1) is 0 Å². The van der Waals surface area contributed by atoms with E-state index < -0.39 is 0 Å². The summed E-state index contributed by atoms with van der Waals surface area (Å²) in [5, 5.41) is 0. The molecule has 0 fully saturated rings. The van der Waals surface area contributed by atoms with Crippen molar-refractivity contribution in [3.05, 3.63) is 28.1 Å². The van der Waals surface area contributed by atoms with Gasteiger partial charge in [-0.05, 0) is 38.8 Å². The number of hydrogen-bond acceptors (Lipinski definition) is 2. The minimum atomic E-state index is -0.380. The molecular formula is C12H13NO2. The fraction of sp³-hybridized carbons (Fsp3) is 0.333. The Morgan fingerprint density at radius 1 is 0.867 bits per heavy atom. The van der Waals surface area contributed by atoms with Gasteiger partial charge in [-0.25, -0.2) is 0 Å². The number of nitrogens with one attached hydrogen (secondary N) is 1. The molecule has 0 unspecified atom stereocenters. The van der Waals surface area contributed by atoms with E-state index in [2.05, 4.69) is 4.98 Å². The first-order valence-electron chi connectivity index (χ1n) is 4.91. The molecule has 1 aromatic rings. The summed E-state index contributed by atoms with van der Waals surface area (Å²) >= 11 is 0. The third-order valence-corrected chi connectivity index (χ3v) is 3.21. The molecule has 2 rings (SSSR count). The van der Waals surface area contributed by atoms with Gasteiger partial charge in [0.05, 0.1) is 11.3 Å². The first-order chi connectivity index (χ1) is 6.95. The van der Waals surface area contributed by atoms with Crippen molar-refractivity contribution in [2.75, 3.05) is 0 Å². The summed E-state index contributed by atoms with van der Waals surface area (Å²) < 4.78 is 0. The van der Waals surface area contributed by atoms with Crippen LogP contribution in [0.5, 0.6) is 0 Å². The number of rotatable bonds is 0. The normalized spacial score (nSPS) is 16.0. The summed E-state index contributed by atoms with van der Waals surface area (Å²) in [6.45, 7) is 7.34. The van der Waals surface area contributed by atoms with Crippen molar-refractivity contribution in [3.8, 4) is 0 Å². The first-order valence-corrected chi connectivity index (χ1v) is 4.91. The Hall–Kier alpha value is -1.64. The van der Waals surface area contributed by atoms with Gasteiger partial charge in [-0.2, -0.15) is 0 Å². The van der Waals surface area contributed by atoms with Gasteiger partial charge in [0.1, 0.15) is 0 Å². The lowest BCUT2D eigenvalue weighted by Crippen LogP contribution is -2.22. The van der Waals surface area contributed by atoms with Crippen molar-refractivity contribution < 1.29 is 9.59 Å². The van der Waals surface area contributed by atoms with Crippen LogP contribution in [-0.4, -0.2) is 16.6 Å². The number of carbonyl (C=O) groups is 2. The van der Waals surface area contributed by atoms with Crippen LogP contribution in [-0.2, 0) is 4.79 Å². The SMILES string of the molecule is CC1=C(C)c2[nH]c(C)c(C)c2C(=O)C1=O. The Morgan fingerprint density at radius 3 is 2.07 bits per heavy atom. The second-order valence-corrected chi connectivity index (χ2v) is 4.03. The van der Waals surface area contributed by atoms with E-state index in [1.54, 1.807) is 6.92 Å². The van der Waals surface area contributed by atoms with Gasteiger partial charge in [0.15, 0.2) is 0 Å². The molecule has 0 spiro atoms. The van der Waals surface area contributed by atoms with Crippen LogP contribution in [0.4, 0.5) is 0 Å². The summed E-state index contributed by atoms with van der Waals surface area (Å²) in [6.07, 6.45) is 0. The predicted octanol–water partition coefficient (Wildman–Crippen LogP) is 2.19. The van der Waals surface area contributed by atoms with E-state index in [1.165, 1.54) is 0 Å². The van der Waals surface area contributed by atoms with Gasteiger partial charge in [0.25, 0.3) is 0 Å². The van der Waals surface area contributed by atoms with Crippen molar-refractivity contribution in [3.63, 3.8) is 0 Å². The molecule has 1 N–H and O–H groups in total. The topological polar surface area (TPSA) is 49.9 Å². The average Bonchev–Trinajstić information content (AvgIpc) is 2.50. The van der Waals surface area contributed by atoms with Crippen LogP contribution in [0.2, 0.25) is 0 Å². The van der Waals surface area contributed by atoms with E-state index in [-0.39, 0.29) is 11.6 Å². The molecule has 1 heterocycles. The van der Waals surface area contributed by atoms with E-state index in [1.807, 2.05) is 20.8 Å². The Morgan fingerprint density at radius 2 is 1.47 bits per heavy atom. The highest BCUT2D eigenvalue weighted by molar-refractivity contribution is 6.52. The summed E-state index contributed by atoms with van der Waals surface area (Å²) in [6, 6.07) is 0. The Kier molecular flexibility index (Phi) is 1.93. The Balaban J connectivity index is 2.83. The monoisotopic (exact) mass is 203 g/mol. The quantitative estimate of drug-likeness (QED) is 0.657. The van der Waals surface area contributed by atoms with Gasteiger partial charge < -0.3 is 4.98 Å². The molecule has 0 bridgehead atoms. The third kappa shape index (κ3) is 1.12. The van der Waals surface area contributed by atoms with Crippen LogP contribution in [0.15, 0.2) is 5.57 Å². The molecule has 0 aromatic carbocycles. The number of H-pyrrole nitrogens is 1. The summed E-state index contributed by atoms with van der Waals surface area (Å²) in [4.78, 5) is 26.6. The van der Waals surface area contributed by atoms with Crippen molar-refractivity contribution in [1.82, 2.24) is 4.98 Å². The van der Waals surface area contributed by atoms with E-state index in [4.69, 9.17) is 0 Å². The fourth-order valence-corrected chi connectivity index (χ4v) is 1.93. The average molecular weight is 203 g/mol. The standard InChI is InChI=1S/C12H13NO2/c1-5-6(2)11(14)12(15)9-7(3)8(4)13-10(5)9/h13H,1-4H3. The molecule has 15 heavy (non-hydrogen) atoms. The second kappa shape index (κ2) is 2.92. The number of aryl methyl sites for hydroxylation is 1. The zero-order valence-electron chi connectivity index (χ0n) is 9.32. The number of Topliss-reactive ketones (excluding diaryl/α,β-unsaturated/α-hetero) is 2. The number of aromatic nitrogens is 1. The molecule has 78 valence electrons. The molecule has 0 aliphatic heterocycles. The lowest BCUT2D eigenvalue weighted by molar-refractivity contribution is -0.111. The van der Waals surface area contributed by atoms with E-state index >= 15 is 0 Å². The van der Waals surface area contributed by atoms with Gasteiger partial charge in [0.2, 0.25) is 11.6 Å². The lowest BCUT2D eigenvalue weighted by Gasteiger charge is -2.13. The van der Waals surface area contributed by atoms with Crippen LogP contribution >= 0.6 is 0 Å². The first kappa shape index (κ1) is 9.90. The van der Waals surface area contributed by atoms with E-state index in [9.17, 15) is 9.59 Å². The van der Waals surface area contributed by atoms with Gasteiger partial charge in [-0.3, -0.25) is 9.59 Å². The number of ketones is 2. The van der Waals surface area contributed by atoms with Gasteiger partial charge in [-0.1, -0.05) is 0 Å². The maximum absolute atomic E-state index is 11.8. The highest BCUT2D eigenvalue weighted by atomic mass is 16.2. The molecule has 0 atom stereocenters. The highest BCUT2D eigenvalue weighted by Gasteiger charge is 2.31. The molecule has 0 saturated heterocycles. The number of allylic oxidation sites excluding steroid dienone is 2. The zero-order valence-corrected chi connectivity index (χ0v) is 9.32. The van der Waals surface area contributed by atoms with E-state index in [0.29, 0.717) is 11.1 Å². The number of hydrogen-bond donors (Lipinski definition) is 1. The van der Waals surface area contributed by atoms with Crippen LogP contribution in [0.25, 0.3) is 5.57 Å². The summed E-state index contributed by atoms with van der Waals surface area (Å²) in [5.41, 5.74) is 4.64. The van der Waals surface area contributed by atoms with Crippen molar-refractivity contribution >= 4 is 17.1 Å². The molecule has 1 aliphatic rings. The van der Waals surface area contributed by atoms with Crippen LogP contribution in [0.3, 0.4) is 0 Å². The van der Waals surface area contributed by atoms with Crippen LogP contribution in [0, 0.1) is 13.8 Å². The molecule has 0 saturated carbocycles. The lowest BCUT2D eigenvalue weighted by atomic mass is 9.88. The minimum Gasteiger partial charge on any atom is -0.358 e. The Bertz CT molecular complexity index is 518. The van der Waals surface area contributed by atoms with Crippen molar-refractivity contribution in [1.29, 1.82) is 0 Å². The Labute approximate surface area is 88.2 Å². The molecule has 0 amide bonds. The number of aromatic amines is 1. The largest absolute Gasteiger partial charge is 0.358 e. The zero-order chi connectivity index (χ0) is 11.3. The molecule has 3 heteroatoms. The molecule has 1 aromatic heterocycles. The molecule has 0 radical (unpaired) electrons. The highest BCUT2D eigenvalue weighted by Crippen LogP contribution is 2.31. The fourth-order valence-electron chi connectivity index (χ4n) is 1.93. The van der Waals surface area contributed by atoms with Crippen LogP contribution < -0.4 is 0 Å². The number of carbonyl (C=O) groups excluding carboxylic acids is 2. The summed E-state index contributed by atoms with van der Waals surface area (Å²) in [7, 11) is 0. The maximum Gasteiger partial charge on any atom is 0.235 e. The molecule has 1 aliphatic carbocycles. The summed E-state index contributed by atoms with van der Waals surface area (Å²) in [5.74, 6) is -0.753. The number of fused-ring (bicyclic) bond motifs is 1. The molecular weight excluding hydrogens is 190 g/mol. The van der Waals surface area contributed by atoms with Crippen molar-refractivity contribution in [2.45, 2.75) is 27.7 Å². The second-order valence-electron chi connectivity index (χ2n) is 4.03. The third-order valence-electron chi connectivity index (χ3n) is 3.21. The smallest absolute Gasteiger partial charge is 0.235 e. The van der Waals surface area contributed by atoms with Gasteiger partial charge >= 0.3 is 0 Å². The van der Waals surface area contributed by atoms with Crippen LogP contribution in [0.1, 0.15) is 41.2 Å². The van der Waals surface area contributed by atoms with Gasteiger partial charge in [0, 0.05) is 11.3 Å². The molecule has 3 nitrogen and oxygen atoms in total.